The summed E-state index contributed by atoms with van der Waals surface area (Å²) in [6.45, 7) is 0. The number of nitrogens with one attached hydrogen (secondary N) is 1. The monoisotopic (exact) mass is 229 g/mol. The van der Waals surface area contributed by atoms with Crippen LogP contribution in [0, 0.1) is 0 Å². The second kappa shape index (κ2) is 4.41. The summed E-state index contributed by atoms with van der Waals surface area (Å²) in [5, 5.41) is 2.44. The summed E-state index contributed by atoms with van der Waals surface area (Å²) in [6, 6.07) is 5.97. The largest absolute Gasteiger partial charge is 0.355 e. The molecule has 0 aliphatic carbocycles. The number of carbonyl (C=O) groups excluding carboxylic acids is 1. The molecule has 1 rings (SSSR count). The van der Waals surface area contributed by atoms with E-state index in [0.717, 1.165) is 0 Å². The molecular weight excluding hydrogens is 218 g/mol. The van der Waals surface area contributed by atoms with E-state index in [1.54, 1.807) is 0 Å². The van der Waals surface area contributed by atoms with Crippen LogP contribution in [0.15, 0.2) is 24.3 Å². The van der Waals surface area contributed by atoms with Gasteiger partial charge in [-0.1, -0.05) is 12.1 Å². The van der Waals surface area contributed by atoms with Gasteiger partial charge in [0.25, 0.3) is 16.0 Å². The molecule has 0 radical (unpaired) electrons. The second-order valence-electron chi connectivity index (χ2n) is 3.00. The topological polar surface area (TPSA) is 83.5 Å². The van der Waals surface area contributed by atoms with Crippen LogP contribution in [0.1, 0.15) is 15.9 Å². The molecule has 15 heavy (non-hydrogen) atoms. The lowest BCUT2D eigenvalue weighted by atomic mass is 10.1. The molecule has 2 N–H and O–H groups in total. The van der Waals surface area contributed by atoms with Gasteiger partial charge in [-0.05, 0) is 17.7 Å². The minimum atomic E-state index is -4.02. The Balaban J connectivity index is 2.86. The van der Waals surface area contributed by atoms with Crippen LogP contribution in [-0.4, -0.2) is 25.9 Å². The van der Waals surface area contributed by atoms with Crippen molar-refractivity contribution in [1.29, 1.82) is 0 Å². The Kier molecular flexibility index (Phi) is 3.43. The highest BCUT2D eigenvalue weighted by Crippen LogP contribution is 2.07. The van der Waals surface area contributed by atoms with Crippen LogP contribution in [0.5, 0.6) is 0 Å². The van der Waals surface area contributed by atoms with Gasteiger partial charge in [0.15, 0.2) is 0 Å². The lowest BCUT2D eigenvalue weighted by molar-refractivity contribution is 0.0963. The summed E-state index contributed by atoms with van der Waals surface area (Å²) >= 11 is 0. The Labute approximate surface area is 87.9 Å². The maximum Gasteiger partial charge on any atom is 0.269 e. The molecule has 0 aliphatic heterocycles. The number of benzene rings is 1. The molecule has 0 spiro atoms. The van der Waals surface area contributed by atoms with Gasteiger partial charge in [0.1, 0.15) is 5.75 Å². The number of rotatable bonds is 3. The number of amides is 1. The summed E-state index contributed by atoms with van der Waals surface area (Å²) in [5.74, 6) is -0.686. The van der Waals surface area contributed by atoms with Gasteiger partial charge in [0, 0.05) is 12.6 Å². The molecule has 0 aromatic heterocycles. The van der Waals surface area contributed by atoms with Crippen LogP contribution in [0.4, 0.5) is 0 Å². The number of hydrogen-bond acceptors (Lipinski definition) is 3. The molecule has 0 heterocycles. The molecule has 0 fully saturated rings. The molecule has 1 aromatic rings. The Morgan fingerprint density at radius 1 is 1.33 bits per heavy atom. The molecule has 0 bridgehead atoms. The van der Waals surface area contributed by atoms with E-state index >= 15 is 0 Å². The van der Waals surface area contributed by atoms with E-state index in [0.29, 0.717) is 11.1 Å². The molecule has 0 atom stereocenters. The average molecular weight is 229 g/mol. The smallest absolute Gasteiger partial charge is 0.269 e. The molecule has 6 heteroatoms. The molecule has 1 aromatic carbocycles. The van der Waals surface area contributed by atoms with Crippen LogP contribution >= 0.6 is 0 Å². The first-order valence-electron chi connectivity index (χ1n) is 4.18. The fraction of sp³-hybridized carbons (Fsp3) is 0.222. The number of hydrogen-bond donors (Lipinski definition) is 2. The van der Waals surface area contributed by atoms with Crippen molar-refractivity contribution < 1.29 is 17.8 Å². The van der Waals surface area contributed by atoms with Crippen molar-refractivity contribution in [2.24, 2.45) is 0 Å². The fourth-order valence-corrected chi connectivity index (χ4v) is 1.72. The maximum atomic E-state index is 11.1. The van der Waals surface area contributed by atoms with Crippen molar-refractivity contribution in [2.75, 3.05) is 7.05 Å². The van der Waals surface area contributed by atoms with E-state index < -0.39 is 15.9 Å². The van der Waals surface area contributed by atoms with Crippen molar-refractivity contribution in [3.8, 4) is 0 Å². The van der Waals surface area contributed by atoms with E-state index in [-0.39, 0.29) is 5.91 Å². The van der Waals surface area contributed by atoms with Crippen molar-refractivity contribution in [1.82, 2.24) is 5.32 Å². The van der Waals surface area contributed by atoms with Gasteiger partial charge in [-0.3, -0.25) is 9.35 Å². The first-order chi connectivity index (χ1) is 6.92. The van der Waals surface area contributed by atoms with Crippen LogP contribution in [0.25, 0.3) is 0 Å². The first kappa shape index (κ1) is 11.7. The minimum absolute atomic E-state index is 0.242. The summed E-state index contributed by atoms with van der Waals surface area (Å²) in [5.41, 5.74) is 0.877. The van der Waals surface area contributed by atoms with Gasteiger partial charge >= 0.3 is 0 Å². The highest BCUT2D eigenvalue weighted by molar-refractivity contribution is 7.85. The summed E-state index contributed by atoms with van der Waals surface area (Å²) in [6.07, 6.45) is 0. The lowest BCUT2D eigenvalue weighted by Crippen LogP contribution is -2.17. The maximum absolute atomic E-state index is 11.1. The predicted octanol–water partition coefficient (Wildman–Crippen LogP) is 0.434. The summed E-state index contributed by atoms with van der Waals surface area (Å²) < 4.78 is 29.7. The third kappa shape index (κ3) is 3.69. The van der Waals surface area contributed by atoms with Gasteiger partial charge in [-0.25, -0.2) is 0 Å². The van der Waals surface area contributed by atoms with E-state index in [9.17, 15) is 13.2 Å². The second-order valence-corrected chi connectivity index (χ2v) is 4.45. The highest BCUT2D eigenvalue weighted by Gasteiger charge is 2.07. The quantitative estimate of drug-likeness (QED) is 0.736. The average Bonchev–Trinajstić information content (AvgIpc) is 2.15. The Morgan fingerprint density at radius 3 is 2.27 bits per heavy atom. The lowest BCUT2D eigenvalue weighted by Gasteiger charge is -2.01. The van der Waals surface area contributed by atoms with E-state index in [1.165, 1.54) is 31.3 Å². The predicted molar refractivity (Wildman–Crippen MR) is 55.1 cm³/mol. The molecular formula is C9H11NO4S. The third-order valence-electron chi connectivity index (χ3n) is 1.79. The molecule has 0 saturated carbocycles. The Bertz CT molecular complexity index is 450. The van der Waals surface area contributed by atoms with E-state index in [1.807, 2.05) is 0 Å². The fourth-order valence-electron chi connectivity index (χ4n) is 1.11. The molecule has 82 valence electrons. The van der Waals surface area contributed by atoms with Crippen molar-refractivity contribution in [3.63, 3.8) is 0 Å². The Hall–Kier alpha value is -1.40. The Morgan fingerprint density at radius 2 is 1.87 bits per heavy atom. The molecule has 0 aliphatic rings. The molecule has 0 unspecified atom stereocenters. The van der Waals surface area contributed by atoms with Crippen molar-refractivity contribution >= 4 is 16.0 Å². The third-order valence-corrected chi connectivity index (χ3v) is 2.49. The highest BCUT2D eigenvalue weighted by atomic mass is 32.2. The van der Waals surface area contributed by atoms with Gasteiger partial charge in [-0.2, -0.15) is 8.42 Å². The molecule has 1 amide bonds. The zero-order valence-electron chi connectivity index (χ0n) is 8.10. The first-order valence-corrected chi connectivity index (χ1v) is 5.79. The van der Waals surface area contributed by atoms with Gasteiger partial charge in [0.05, 0.1) is 0 Å². The zero-order valence-corrected chi connectivity index (χ0v) is 8.91. The van der Waals surface area contributed by atoms with E-state index in [2.05, 4.69) is 5.32 Å². The van der Waals surface area contributed by atoms with Crippen LogP contribution < -0.4 is 5.32 Å². The van der Waals surface area contributed by atoms with Gasteiger partial charge < -0.3 is 5.32 Å². The van der Waals surface area contributed by atoms with Crippen LogP contribution in [0.3, 0.4) is 0 Å². The van der Waals surface area contributed by atoms with Crippen LogP contribution in [-0.2, 0) is 15.9 Å². The van der Waals surface area contributed by atoms with Crippen LogP contribution in [0.2, 0.25) is 0 Å². The van der Waals surface area contributed by atoms with Crippen molar-refractivity contribution in [3.05, 3.63) is 35.4 Å². The summed E-state index contributed by atoms with van der Waals surface area (Å²) in [4.78, 5) is 11.1. The standard InChI is InChI=1S/C9H11NO4S/c1-10-9(11)8-4-2-7(3-5-8)6-15(12,13)14/h2-5H,6H2,1H3,(H,10,11)(H,12,13,14). The number of carbonyl (C=O) groups is 1. The SMILES string of the molecule is CNC(=O)c1ccc(CS(=O)(=O)O)cc1. The molecule has 0 saturated heterocycles. The van der Waals surface area contributed by atoms with E-state index in [4.69, 9.17) is 4.55 Å². The van der Waals surface area contributed by atoms with Gasteiger partial charge in [0.2, 0.25) is 0 Å². The van der Waals surface area contributed by atoms with Gasteiger partial charge in [-0.15, -0.1) is 0 Å². The molecule has 5 nitrogen and oxygen atoms in total. The zero-order chi connectivity index (χ0) is 11.5. The van der Waals surface area contributed by atoms with Crippen molar-refractivity contribution in [2.45, 2.75) is 5.75 Å². The summed E-state index contributed by atoms with van der Waals surface area (Å²) in [7, 11) is -2.51. The minimum Gasteiger partial charge on any atom is -0.355 e. The normalized spacial score (nSPS) is 11.1.